The maximum absolute atomic E-state index is 14.7. The third-order valence-electron chi connectivity index (χ3n) is 7.66. The molecule has 28 heavy (non-hydrogen) atoms. The highest BCUT2D eigenvalue weighted by Gasteiger charge is 2.47. The fourth-order valence-electron chi connectivity index (χ4n) is 6.28. The van der Waals surface area contributed by atoms with Gasteiger partial charge in [0.2, 0.25) is 0 Å². The van der Waals surface area contributed by atoms with Crippen molar-refractivity contribution < 1.29 is 9.50 Å². The van der Waals surface area contributed by atoms with Crippen LogP contribution in [0.15, 0.2) is 30.7 Å². The lowest BCUT2D eigenvalue weighted by Crippen LogP contribution is -2.44. The van der Waals surface area contributed by atoms with E-state index >= 15 is 0 Å². The maximum Gasteiger partial charge on any atom is 0.129 e. The summed E-state index contributed by atoms with van der Waals surface area (Å²) in [4.78, 5) is 4.25. The van der Waals surface area contributed by atoms with Crippen molar-refractivity contribution in [3.8, 4) is 17.3 Å². The minimum Gasteiger partial charge on any atom is -0.392 e. The number of fused-ring (bicyclic) bond motifs is 5. The van der Waals surface area contributed by atoms with Crippen LogP contribution < -0.4 is 0 Å². The first kappa shape index (κ1) is 17.9. The van der Waals surface area contributed by atoms with Crippen LogP contribution in [-0.2, 0) is 0 Å². The molecule has 6 atom stereocenters. The second-order valence-corrected chi connectivity index (χ2v) is 9.39. The van der Waals surface area contributed by atoms with E-state index < -0.39 is 6.10 Å². The molecule has 4 nitrogen and oxygen atoms in total. The number of imidazole rings is 1. The highest BCUT2D eigenvalue weighted by atomic mass is 19.1. The molecule has 1 N–H and O–H groups in total. The van der Waals surface area contributed by atoms with Gasteiger partial charge < -0.3 is 9.67 Å². The average molecular weight is 379 g/mol. The molecule has 0 radical (unpaired) electrons. The maximum atomic E-state index is 14.7. The molecule has 0 saturated heterocycles. The normalized spacial score (nSPS) is 34.4. The predicted octanol–water partition coefficient (Wildman–Crippen LogP) is 4.70. The van der Waals surface area contributed by atoms with Gasteiger partial charge in [-0.1, -0.05) is 19.1 Å². The van der Waals surface area contributed by atoms with Gasteiger partial charge in [0.15, 0.2) is 0 Å². The molecule has 0 amide bonds. The van der Waals surface area contributed by atoms with Gasteiger partial charge in [0.25, 0.3) is 0 Å². The lowest BCUT2D eigenvalue weighted by Gasteiger charge is -2.49. The highest BCUT2D eigenvalue weighted by molar-refractivity contribution is 5.69. The summed E-state index contributed by atoms with van der Waals surface area (Å²) < 4.78 is 16.7. The fraction of sp³-hybridized carbons (Fsp3) is 0.565. The van der Waals surface area contributed by atoms with Crippen LogP contribution in [0.1, 0.15) is 57.1 Å². The number of aliphatic hydroxyl groups excluding tert-OH is 1. The highest BCUT2D eigenvalue weighted by Crippen LogP contribution is 2.54. The Bertz CT molecular complexity index is 948. The van der Waals surface area contributed by atoms with Crippen molar-refractivity contribution >= 4 is 0 Å². The first-order valence-electron chi connectivity index (χ1n) is 10.4. The number of halogens is 1. The first-order valence-corrected chi connectivity index (χ1v) is 10.4. The Balaban J connectivity index is 1.43. The van der Waals surface area contributed by atoms with Crippen LogP contribution in [0, 0.1) is 40.3 Å². The molecule has 5 rings (SSSR count). The van der Waals surface area contributed by atoms with Gasteiger partial charge in [0.1, 0.15) is 5.82 Å². The molecule has 5 heteroatoms. The number of rotatable bonds is 3. The van der Waals surface area contributed by atoms with Crippen molar-refractivity contribution in [2.45, 2.75) is 57.6 Å². The second-order valence-electron chi connectivity index (χ2n) is 9.39. The number of aromatic nitrogens is 2. The number of nitrogens with zero attached hydrogens (tertiary/aromatic N) is 3. The molecule has 1 aromatic heterocycles. The third-order valence-corrected chi connectivity index (χ3v) is 7.66. The van der Waals surface area contributed by atoms with Gasteiger partial charge in [-0.15, -0.1) is 0 Å². The fourth-order valence-corrected chi connectivity index (χ4v) is 6.28. The van der Waals surface area contributed by atoms with Crippen LogP contribution in [-0.4, -0.2) is 20.8 Å². The van der Waals surface area contributed by atoms with E-state index in [2.05, 4.69) is 18.0 Å². The predicted molar refractivity (Wildman–Crippen MR) is 104 cm³/mol. The van der Waals surface area contributed by atoms with Crippen molar-refractivity contribution in [3.05, 3.63) is 42.1 Å². The first-order chi connectivity index (χ1) is 13.5. The Morgan fingerprint density at radius 3 is 3.07 bits per heavy atom. The number of hydrogen-bond donors (Lipinski definition) is 1. The van der Waals surface area contributed by atoms with Crippen LogP contribution >= 0.6 is 0 Å². The topological polar surface area (TPSA) is 61.8 Å². The van der Waals surface area contributed by atoms with Gasteiger partial charge in [-0.2, -0.15) is 5.26 Å². The van der Waals surface area contributed by atoms with Gasteiger partial charge in [0, 0.05) is 17.0 Å². The van der Waals surface area contributed by atoms with Crippen molar-refractivity contribution in [3.63, 3.8) is 0 Å². The second kappa shape index (κ2) is 6.42. The molecule has 2 aliphatic carbocycles. The number of hydrogen-bond acceptors (Lipinski definition) is 3. The molecule has 146 valence electrons. The zero-order chi connectivity index (χ0) is 19.5. The molecule has 1 aromatic carbocycles. The van der Waals surface area contributed by atoms with Crippen molar-refractivity contribution in [1.82, 2.24) is 9.55 Å². The monoisotopic (exact) mass is 379 g/mol. The van der Waals surface area contributed by atoms with Crippen molar-refractivity contribution in [2.75, 3.05) is 0 Å². The standard InChI is InChI=1S/C23H26FN3O/c1-23(9-14-5-6-15(11-25)16(7-14)10-23)21(28)8-19-22-17(3-2-4-18(22)24)20-12-26-13-27(19)20/h2-4,12-16,19,21,28H,5-10H2,1H3/t14?,15-,16?,19?,21?,23+/m0/s1. The summed E-state index contributed by atoms with van der Waals surface area (Å²) in [6.45, 7) is 2.17. The Labute approximate surface area is 165 Å². The zero-order valence-electron chi connectivity index (χ0n) is 16.2. The molecule has 1 aliphatic heterocycles. The van der Waals surface area contributed by atoms with Crippen LogP contribution in [0.2, 0.25) is 0 Å². The third kappa shape index (κ3) is 2.62. The quantitative estimate of drug-likeness (QED) is 0.841. The number of nitriles is 1. The van der Waals surface area contributed by atoms with Gasteiger partial charge >= 0.3 is 0 Å². The number of benzene rings is 1. The Hall–Kier alpha value is -2.19. The summed E-state index contributed by atoms with van der Waals surface area (Å²) in [5.74, 6) is 0.884. The average Bonchev–Trinajstić information content (AvgIpc) is 3.25. The van der Waals surface area contributed by atoms with E-state index in [4.69, 9.17) is 0 Å². The van der Waals surface area contributed by atoms with E-state index in [-0.39, 0.29) is 23.2 Å². The summed E-state index contributed by atoms with van der Waals surface area (Å²) in [6.07, 6.45) is 8.54. The Kier molecular flexibility index (Phi) is 4.10. The molecule has 2 saturated carbocycles. The summed E-state index contributed by atoms with van der Waals surface area (Å²) >= 11 is 0. The molecule has 3 aliphatic rings. The lowest BCUT2D eigenvalue weighted by atomic mass is 9.56. The smallest absolute Gasteiger partial charge is 0.129 e. The number of aliphatic hydroxyl groups is 1. The largest absolute Gasteiger partial charge is 0.392 e. The Morgan fingerprint density at radius 1 is 1.39 bits per heavy atom. The summed E-state index contributed by atoms with van der Waals surface area (Å²) in [5.41, 5.74) is 2.25. The summed E-state index contributed by atoms with van der Waals surface area (Å²) in [6, 6.07) is 7.44. The summed E-state index contributed by atoms with van der Waals surface area (Å²) in [7, 11) is 0. The Morgan fingerprint density at radius 2 is 2.25 bits per heavy atom. The van der Waals surface area contributed by atoms with Gasteiger partial charge in [-0.25, -0.2) is 9.37 Å². The molecular weight excluding hydrogens is 353 g/mol. The van der Waals surface area contributed by atoms with Crippen LogP contribution in [0.5, 0.6) is 0 Å². The van der Waals surface area contributed by atoms with Gasteiger partial charge in [-0.05, 0) is 61.8 Å². The van der Waals surface area contributed by atoms with Crippen molar-refractivity contribution in [1.29, 1.82) is 5.26 Å². The van der Waals surface area contributed by atoms with E-state index in [0.29, 0.717) is 23.8 Å². The van der Waals surface area contributed by atoms with Crippen molar-refractivity contribution in [2.24, 2.45) is 23.2 Å². The molecule has 0 spiro atoms. The molecule has 4 unspecified atom stereocenters. The van der Waals surface area contributed by atoms with Gasteiger partial charge in [-0.3, -0.25) is 0 Å². The molecule has 2 heterocycles. The van der Waals surface area contributed by atoms with Gasteiger partial charge in [0.05, 0.1) is 36.4 Å². The molecule has 2 fully saturated rings. The molecule has 2 bridgehead atoms. The molecular formula is C23H26FN3O. The SMILES string of the molecule is C[C@@]1(C(O)CC2c3c(F)cccc3-c3cncn32)CC2CC[C@@H](C#N)C(C2)C1. The minimum absolute atomic E-state index is 0.118. The van der Waals surface area contributed by atoms with Crippen LogP contribution in [0.4, 0.5) is 4.39 Å². The lowest BCUT2D eigenvalue weighted by molar-refractivity contribution is -0.0538. The summed E-state index contributed by atoms with van der Waals surface area (Å²) in [5, 5.41) is 20.9. The van der Waals surface area contributed by atoms with E-state index in [1.807, 2.05) is 10.6 Å². The van der Waals surface area contributed by atoms with E-state index in [0.717, 1.165) is 43.4 Å². The van der Waals surface area contributed by atoms with E-state index in [1.54, 1.807) is 18.6 Å². The molecule has 2 aromatic rings. The van der Waals surface area contributed by atoms with E-state index in [1.165, 1.54) is 6.07 Å². The van der Waals surface area contributed by atoms with Crippen LogP contribution in [0.3, 0.4) is 0 Å². The van der Waals surface area contributed by atoms with Crippen LogP contribution in [0.25, 0.3) is 11.3 Å². The zero-order valence-corrected chi connectivity index (χ0v) is 16.2. The van der Waals surface area contributed by atoms with E-state index in [9.17, 15) is 14.8 Å². The minimum atomic E-state index is -0.541.